The first kappa shape index (κ1) is 18.7. The van der Waals surface area contributed by atoms with Crippen molar-refractivity contribution >= 4 is 6.09 Å². The molecule has 116 valence electrons. The Kier molecular flexibility index (Phi) is 8.23. The first-order valence-corrected chi connectivity index (χ1v) is 7.18. The second-order valence-electron chi connectivity index (χ2n) is 6.09. The van der Waals surface area contributed by atoms with E-state index in [2.05, 4.69) is 25.4 Å². The smallest absolute Gasteiger partial charge is 0.410 e. The number of nitrogens with zero attached hydrogens (tertiary/aromatic N) is 1. The maximum atomic E-state index is 11.5. The zero-order chi connectivity index (χ0) is 15.8. The average molecular weight is 282 g/mol. The van der Waals surface area contributed by atoms with Gasteiger partial charge in [0.15, 0.2) is 0 Å². The zero-order valence-corrected chi connectivity index (χ0v) is 13.7. The maximum Gasteiger partial charge on any atom is 0.410 e. The first-order valence-electron chi connectivity index (χ1n) is 7.18. The molecule has 1 heterocycles. The largest absolute Gasteiger partial charge is 0.444 e. The van der Waals surface area contributed by atoms with Gasteiger partial charge in [-0.2, -0.15) is 0 Å². The fourth-order valence-corrected chi connectivity index (χ4v) is 1.43. The highest BCUT2D eigenvalue weighted by Crippen LogP contribution is 2.14. The normalized spacial score (nSPS) is 14.8. The van der Waals surface area contributed by atoms with Gasteiger partial charge in [-0.3, -0.25) is 0 Å². The van der Waals surface area contributed by atoms with Gasteiger partial charge in [-0.15, -0.1) is 0 Å². The number of carbonyl (C=O) groups is 1. The minimum absolute atomic E-state index is 0.197. The van der Waals surface area contributed by atoms with Crippen molar-refractivity contribution in [2.75, 3.05) is 19.6 Å². The molecule has 0 aromatic rings. The van der Waals surface area contributed by atoms with Crippen LogP contribution in [0.15, 0.2) is 24.8 Å². The molecule has 0 radical (unpaired) electrons. The summed E-state index contributed by atoms with van der Waals surface area (Å²) in [4.78, 5) is 13.3. The summed E-state index contributed by atoms with van der Waals surface area (Å²) in [5.74, 6) is 0. The van der Waals surface area contributed by atoms with E-state index in [0.717, 1.165) is 31.6 Å². The topological polar surface area (TPSA) is 41.6 Å². The Balaban J connectivity index is 0.000000621. The Hall–Kier alpha value is -1.29. The van der Waals surface area contributed by atoms with Gasteiger partial charge in [-0.1, -0.05) is 31.7 Å². The molecule has 1 aliphatic rings. The van der Waals surface area contributed by atoms with E-state index in [4.69, 9.17) is 4.74 Å². The molecule has 0 aromatic heterocycles. The predicted octanol–water partition coefficient (Wildman–Crippen LogP) is 3.35. The lowest BCUT2D eigenvalue weighted by molar-refractivity contribution is 0.00540. The molecule has 1 rings (SSSR count). The molecule has 0 aromatic carbocycles. The number of carbonyl (C=O) groups excluding carboxylic acids is 1. The van der Waals surface area contributed by atoms with Crippen LogP contribution in [0.4, 0.5) is 4.79 Å². The number of hydrogen-bond donors (Lipinski definition) is 1. The molecule has 0 bridgehead atoms. The summed E-state index contributed by atoms with van der Waals surface area (Å²) in [6.45, 7) is 19.3. The van der Waals surface area contributed by atoms with Crippen LogP contribution in [-0.4, -0.2) is 42.3 Å². The third kappa shape index (κ3) is 8.75. The molecule has 0 aliphatic carbocycles. The standard InChI is InChI=1S/C11H22N2O2.C5H8/c1-5-6-12-9-7-13(8-9)10(14)15-11(2,3)4;1-4-5(2)3/h9,12H,5-8H2,1-4H3;4H,1-2H2,3H3. The first-order chi connectivity index (χ1) is 9.19. The third-order valence-corrected chi connectivity index (χ3v) is 2.56. The quantitative estimate of drug-likeness (QED) is 0.804. The van der Waals surface area contributed by atoms with E-state index in [1.807, 2.05) is 27.7 Å². The average Bonchev–Trinajstić information content (AvgIpc) is 2.25. The molecule has 0 unspecified atom stereocenters. The molecule has 1 N–H and O–H groups in total. The van der Waals surface area contributed by atoms with Crippen LogP contribution in [0, 0.1) is 0 Å². The van der Waals surface area contributed by atoms with Gasteiger partial charge >= 0.3 is 6.09 Å². The molecule has 4 nitrogen and oxygen atoms in total. The lowest BCUT2D eigenvalue weighted by atomic mass is 10.1. The molecule has 20 heavy (non-hydrogen) atoms. The van der Waals surface area contributed by atoms with Crippen LogP contribution in [0.1, 0.15) is 41.0 Å². The molecule has 1 saturated heterocycles. The molecular weight excluding hydrogens is 252 g/mol. The molecule has 0 saturated carbocycles. The number of likely N-dealkylation sites (tertiary alicyclic amines) is 1. The molecule has 4 heteroatoms. The van der Waals surface area contributed by atoms with Crippen LogP contribution in [0.25, 0.3) is 0 Å². The Morgan fingerprint density at radius 1 is 1.45 bits per heavy atom. The van der Waals surface area contributed by atoms with E-state index in [9.17, 15) is 4.79 Å². The van der Waals surface area contributed by atoms with Gasteiger partial charge in [0, 0.05) is 19.1 Å². The minimum Gasteiger partial charge on any atom is -0.444 e. The predicted molar refractivity (Wildman–Crippen MR) is 84.9 cm³/mol. The van der Waals surface area contributed by atoms with E-state index >= 15 is 0 Å². The van der Waals surface area contributed by atoms with Gasteiger partial charge in [-0.05, 0) is 40.7 Å². The van der Waals surface area contributed by atoms with Crippen molar-refractivity contribution in [3.8, 4) is 0 Å². The van der Waals surface area contributed by atoms with Crippen LogP contribution in [0.2, 0.25) is 0 Å². The van der Waals surface area contributed by atoms with Gasteiger partial charge in [-0.25, -0.2) is 4.79 Å². The van der Waals surface area contributed by atoms with Crippen molar-refractivity contribution < 1.29 is 9.53 Å². The number of amides is 1. The number of nitrogens with one attached hydrogen (secondary N) is 1. The van der Waals surface area contributed by atoms with Gasteiger partial charge < -0.3 is 15.0 Å². The second kappa shape index (κ2) is 8.80. The van der Waals surface area contributed by atoms with Crippen LogP contribution < -0.4 is 5.32 Å². The highest BCUT2D eigenvalue weighted by Gasteiger charge is 2.32. The van der Waals surface area contributed by atoms with E-state index in [-0.39, 0.29) is 11.7 Å². The third-order valence-electron chi connectivity index (χ3n) is 2.56. The van der Waals surface area contributed by atoms with E-state index in [0.29, 0.717) is 6.04 Å². The van der Waals surface area contributed by atoms with Gasteiger partial charge in [0.2, 0.25) is 0 Å². The highest BCUT2D eigenvalue weighted by atomic mass is 16.6. The Morgan fingerprint density at radius 2 is 1.95 bits per heavy atom. The minimum atomic E-state index is -0.390. The van der Waals surface area contributed by atoms with Crippen LogP contribution in [0.3, 0.4) is 0 Å². The van der Waals surface area contributed by atoms with Gasteiger partial charge in [0.1, 0.15) is 5.60 Å². The van der Waals surface area contributed by atoms with Gasteiger partial charge in [0.25, 0.3) is 0 Å². The maximum absolute atomic E-state index is 11.5. The lowest BCUT2D eigenvalue weighted by Gasteiger charge is -2.40. The Bertz CT molecular complexity index is 326. The van der Waals surface area contributed by atoms with Crippen LogP contribution >= 0.6 is 0 Å². The van der Waals surface area contributed by atoms with Crippen LogP contribution in [0.5, 0.6) is 0 Å². The zero-order valence-electron chi connectivity index (χ0n) is 13.7. The highest BCUT2D eigenvalue weighted by molar-refractivity contribution is 5.69. The number of ether oxygens (including phenoxy) is 1. The number of allylic oxidation sites excluding steroid dienone is 2. The van der Waals surface area contributed by atoms with E-state index < -0.39 is 0 Å². The fraction of sp³-hybridized carbons (Fsp3) is 0.688. The molecular formula is C16H30N2O2. The lowest BCUT2D eigenvalue weighted by Crippen LogP contribution is -2.60. The van der Waals surface area contributed by atoms with Crippen molar-refractivity contribution in [2.45, 2.75) is 52.7 Å². The van der Waals surface area contributed by atoms with Gasteiger partial charge in [0.05, 0.1) is 0 Å². The monoisotopic (exact) mass is 282 g/mol. The SMILES string of the molecule is C=CC(=C)C.CCCNC1CN(C(=O)OC(C)(C)C)C1. The second-order valence-corrected chi connectivity index (χ2v) is 6.09. The summed E-state index contributed by atoms with van der Waals surface area (Å²) >= 11 is 0. The summed E-state index contributed by atoms with van der Waals surface area (Å²) < 4.78 is 5.25. The summed E-state index contributed by atoms with van der Waals surface area (Å²) in [6, 6.07) is 0.456. The summed E-state index contributed by atoms with van der Waals surface area (Å²) in [7, 11) is 0. The van der Waals surface area contributed by atoms with E-state index in [1.165, 1.54) is 0 Å². The molecule has 0 atom stereocenters. The summed E-state index contributed by atoms with van der Waals surface area (Å²) in [5.41, 5.74) is 0.629. The van der Waals surface area contributed by atoms with Crippen molar-refractivity contribution in [3.63, 3.8) is 0 Å². The number of hydrogen-bond acceptors (Lipinski definition) is 3. The molecule has 0 spiro atoms. The molecule has 1 amide bonds. The van der Waals surface area contributed by atoms with E-state index in [1.54, 1.807) is 11.0 Å². The number of rotatable bonds is 4. The molecule has 1 aliphatic heterocycles. The van der Waals surface area contributed by atoms with Crippen molar-refractivity contribution in [1.29, 1.82) is 0 Å². The Morgan fingerprint density at radius 3 is 2.30 bits per heavy atom. The summed E-state index contributed by atoms with van der Waals surface area (Å²) in [5, 5.41) is 3.37. The fourth-order valence-electron chi connectivity index (χ4n) is 1.43. The molecule has 1 fully saturated rings. The summed E-state index contributed by atoms with van der Waals surface area (Å²) in [6.07, 6.45) is 2.65. The van der Waals surface area contributed by atoms with Crippen molar-refractivity contribution in [3.05, 3.63) is 24.8 Å². The van der Waals surface area contributed by atoms with Crippen molar-refractivity contribution in [2.24, 2.45) is 0 Å². The van der Waals surface area contributed by atoms with Crippen LogP contribution in [-0.2, 0) is 4.74 Å². The van der Waals surface area contributed by atoms with Crippen molar-refractivity contribution in [1.82, 2.24) is 10.2 Å². The Labute approximate surface area is 123 Å².